The first-order valence-electron chi connectivity index (χ1n) is 6.45. The Morgan fingerprint density at radius 3 is 2.85 bits per heavy atom. The second-order valence-electron chi connectivity index (χ2n) is 4.38. The van der Waals surface area contributed by atoms with Gasteiger partial charge in [-0.1, -0.05) is 6.92 Å². The molecule has 7 heteroatoms. The minimum atomic E-state index is -1.07. The van der Waals surface area contributed by atoms with Crippen molar-refractivity contribution in [3.8, 4) is 0 Å². The fraction of sp³-hybridized carbons (Fsp3) is 0.538. The van der Waals surface area contributed by atoms with E-state index in [0.29, 0.717) is 24.0 Å². The topological polar surface area (TPSA) is 79.5 Å². The molecule has 2 rings (SSSR count). The standard InChI is InChI=1S/C13H17NO4S2/c1-2-10-9(13(16)17)5-11(18-10)12(15)14-6-8-7-19-3-4-20-8/h5,8H,2-4,6-7H2,1H3,(H,14,15)(H,16,17). The molecule has 110 valence electrons. The number of amides is 1. The van der Waals surface area contributed by atoms with Crippen molar-refractivity contribution in [1.82, 2.24) is 5.32 Å². The van der Waals surface area contributed by atoms with Gasteiger partial charge in [-0.05, 0) is 0 Å². The van der Waals surface area contributed by atoms with Gasteiger partial charge in [0.1, 0.15) is 11.3 Å². The third-order valence-corrected chi connectivity index (χ3v) is 5.80. The van der Waals surface area contributed by atoms with Crippen LogP contribution in [0.2, 0.25) is 0 Å². The van der Waals surface area contributed by atoms with Gasteiger partial charge in [-0.3, -0.25) is 4.79 Å². The molecular formula is C13H17NO4S2. The summed E-state index contributed by atoms with van der Waals surface area (Å²) in [7, 11) is 0. The summed E-state index contributed by atoms with van der Waals surface area (Å²) in [5.74, 6) is 2.30. The lowest BCUT2D eigenvalue weighted by Gasteiger charge is -2.20. The van der Waals surface area contributed by atoms with Crippen molar-refractivity contribution in [2.24, 2.45) is 0 Å². The summed E-state index contributed by atoms with van der Waals surface area (Å²) < 4.78 is 5.32. The molecule has 1 amide bonds. The highest BCUT2D eigenvalue weighted by Gasteiger charge is 2.21. The molecule has 0 radical (unpaired) electrons. The molecule has 0 aliphatic carbocycles. The smallest absolute Gasteiger partial charge is 0.339 e. The molecule has 5 nitrogen and oxygen atoms in total. The minimum absolute atomic E-state index is 0.0697. The number of hydrogen-bond donors (Lipinski definition) is 2. The number of carboxylic acid groups (broad SMARTS) is 1. The third-order valence-electron chi connectivity index (χ3n) is 2.96. The van der Waals surface area contributed by atoms with Gasteiger partial charge in [0.05, 0.1) is 0 Å². The van der Waals surface area contributed by atoms with Crippen LogP contribution >= 0.6 is 23.5 Å². The predicted octanol–water partition coefficient (Wildman–Crippen LogP) is 2.12. The van der Waals surface area contributed by atoms with E-state index in [1.165, 1.54) is 6.07 Å². The molecule has 1 aliphatic rings. The maximum Gasteiger partial charge on any atom is 0.339 e. The highest BCUT2D eigenvalue weighted by Crippen LogP contribution is 2.23. The Balaban J connectivity index is 1.96. The monoisotopic (exact) mass is 315 g/mol. The van der Waals surface area contributed by atoms with E-state index >= 15 is 0 Å². The van der Waals surface area contributed by atoms with Crippen molar-refractivity contribution in [3.05, 3.63) is 23.2 Å². The van der Waals surface area contributed by atoms with Gasteiger partial charge in [0.15, 0.2) is 5.76 Å². The molecule has 0 aromatic carbocycles. The number of rotatable bonds is 5. The van der Waals surface area contributed by atoms with Crippen LogP contribution in [-0.4, -0.2) is 46.0 Å². The van der Waals surface area contributed by atoms with Crippen molar-refractivity contribution < 1.29 is 19.1 Å². The van der Waals surface area contributed by atoms with Crippen molar-refractivity contribution in [1.29, 1.82) is 0 Å². The van der Waals surface area contributed by atoms with Crippen LogP contribution < -0.4 is 5.32 Å². The Hall–Kier alpha value is -1.08. The lowest BCUT2D eigenvalue weighted by molar-refractivity contribution is 0.0694. The van der Waals surface area contributed by atoms with E-state index in [4.69, 9.17) is 9.52 Å². The zero-order valence-electron chi connectivity index (χ0n) is 11.2. The molecule has 1 fully saturated rings. The molecule has 1 aromatic heterocycles. The summed E-state index contributed by atoms with van der Waals surface area (Å²) in [6.07, 6.45) is 0.448. The van der Waals surface area contributed by atoms with E-state index in [2.05, 4.69) is 5.32 Å². The zero-order chi connectivity index (χ0) is 14.5. The first-order chi connectivity index (χ1) is 9.61. The Morgan fingerprint density at radius 2 is 2.30 bits per heavy atom. The molecule has 1 saturated heterocycles. The maximum atomic E-state index is 12.0. The largest absolute Gasteiger partial charge is 0.478 e. The normalized spacial score (nSPS) is 18.8. The molecular weight excluding hydrogens is 298 g/mol. The maximum absolute atomic E-state index is 12.0. The Kier molecular flexibility index (Phi) is 5.42. The number of carboxylic acids is 1. The van der Waals surface area contributed by atoms with E-state index in [1.54, 1.807) is 6.92 Å². The van der Waals surface area contributed by atoms with Crippen molar-refractivity contribution in [2.75, 3.05) is 23.8 Å². The molecule has 20 heavy (non-hydrogen) atoms. The summed E-state index contributed by atoms with van der Waals surface area (Å²) in [6.45, 7) is 2.38. The van der Waals surface area contributed by atoms with Crippen LogP contribution in [0, 0.1) is 0 Å². The van der Waals surface area contributed by atoms with Crippen molar-refractivity contribution in [2.45, 2.75) is 18.6 Å². The van der Waals surface area contributed by atoms with E-state index in [9.17, 15) is 9.59 Å². The molecule has 0 bridgehead atoms. The molecule has 2 heterocycles. The highest BCUT2D eigenvalue weighted by atomic mass is 32.2. The lowest BCUT2D eigenvalue weighted by atomic mass is 10.2. The first kappa shape index (κ1) is 15.3. The predicted molar refractivity (Wildman–Crippen MR) is 80.9 cm³/mol. The Morgan fingerprint density at radius 1 is 1.50 bits per heavy atom. The van der Waals surface area contributed by atoms with Crippen LogP contribution in [0.4, 0.5) is 0 Å². The van der Waals surface area contributed by atoms with Crippen LogP contribution in [0.3, 0.4) is 0 Å². The number of aryl methyl sites for hydroxylation is 1. The third kappa shape index (κ3) is 3.73. The van der Waals surface area contributed by atoms with Gasteiger partial charge in [0, 0.05) is 41.5 Å². The van der Waals surface area contributed by atoms with Gasteiger partial charge in [-0.2, -0.15) is 23.5 Å². The second kappa shape index (κ2) is 7.08. The number of aromatic carboxylic acids is 1. The first-order valence-corrected chi connectivity index (χ1v) is 8.65. The fourth-order valence-corrected chi connectivity index (χ4v) is 4.54. The van der Waals surface area contributed by atoms with Gasteiger partial charge in [-0.15, -0.1) is 0 Å². The number of thioether (sulfide) groups is 2. The SMILES string of the molecule is CCc1oc(C(=O)NCC2CSCCS2)cc1C(=O)O. The molecule has 2 N–H and O–H groups in total. The van der Waals surface area contributed by atoms with E-state index in [0.717, 1.165) is 17.3 Å². The molecule has 0 saturated carbocycles. The average Bonchev–Trinajstić information content (AvgIpc) is 2.90. The molecule has 1 unspecified atom stereocenters. The van der Waals surface area contributed by atoms with Gasteiger partial charge >= 0.3 is 5.97 Å². The van der Waals surface area contributed by atoms with Crippen molar-refractivity contribution >= 4 is 35.4 Å². The van der Waals surface area contributed by atoms with E-state index in [1.807, 2.05) is 23.5 Å². The van der Waals surface area contributed by atoms with Crippen LogP contribution in [0.1, 0.15) is 33.6 Å². The number of furan rings is 1. The van der Waals surface area contributed by atoms with Crippen LogP contribution in [-0.2, 0) is 6.42 Å². The summed E-state index contributed by atoms with van der Waals surface area (Å²) in [6, 6.07) is 1.30. The number of hydrogen-bond acceptors (Lipinski definition) is 5. The summed E-state index contributed by atoms with van der Waals surface area (Å²) >= 11 is 3.75. The Bertz CT molecular complexity index is 495. The second-order valence-corrected chi connectivity index (χ2v) is 6.94. The number of carbonyl (C=O) groups excluding carboxylic acids is 1. The molecule has 1 aliphatic heterocycles. The average molecular weight is 315 g/mol. The molecule has 0 spiro atoms. The number of carbonyl (C=O) groups is 2. The quantitative estimate of drug-likeness (QED) is 0.866. The lowest BCUT2D eigenvalue weighted by Crippen LogP contribution is -2.33. The van der Waals surface area contributed by atoms with Gasteiger partial charge < -0.3 is 14.8 Å². The summed E-state index contributed by atoms with van der Waals surface area (Å²) in [4.78, 5) is 23.0. The summed E-state index contributed by atoms with van der Waals surface area (Å²) in [5, 5.41) is 12.3. The number of nitrogens with one attached hydrogen (secondary N) is 1. The molecule has 1 atom stereocenters. The minimum Gasteiger partial charge on any atom is -0.478 e. The van der Waals surface area contributed by atoms with E-state index in [-0.39, 0.29) is 17.2 Å². The van der Waals surface area contributed by atoms with Crippen LogP contribution in [0.25, 0.3) is 0 Å². The molecule has 1 aromatic rings. The Labute approximate surface area is 125 Å². The summed E-state index contributed by atoms with van der Waals surface area (Å²) in [5.41, 5.74) is 0.0697. The van der Waals surface area contributed by atoms with Gasteiger partial charge in [0.2, 0.25) is 0 Å². The van der Waals surface area contributed by atoms with Gasteiger partial charge in [-0.25, -0.2) is 4.79 Å². The zero-order valence-corrected chi connectivity index (χ0v) is 12.8. The van der Waals surface area contributed by atoms with Crippen LogP contribution in [0.5, 0.6) is 0 Å². The van der Waals surface area contributed by atoms with Crippen molar-refractivity contribution in [3.63, 3.8) is 0 Å². The van der Waals surface area contributed by atoms with Crippen LogP contribution in [0.15, 0.2) is 10.5 Å². The van der Waals surface area contributed by atoms with Gasteiger partial charge in [0.25, 0.3) is 5.91 Å². The fourth-order valence-electron chi connectivity index (χ4n) is 1.93. The highest BCUT2D eigenvalue weighted by molar-refractivity contribution is 8.06. The van der Waals surface area contributed by atoms with E-state index < -0.39 is 5.97 Å².